The number of hydrogen-bond acceptors (Lipinski definition) is 3. The highest BCUT2D eigenvalue weighted by atomic mass is 16.3. The van der Waals surface area contributed by atoms with E-state index in [0.717, 1.165) is 12.0 Å². The van der Waals surface area contributed by atoms with Gasteiger partial charge in [-0.25, -0.2) is 0 Å². The highest BCUT2D eigenvalue weighted by molar-refractivity contribution is 5.73. The Bertz CT molecular complexity index is 353. The third-order valence-electron chi connectivity index (χ3n) is 2.48. The van der Waals surface area contributed by atoms with Gasteiger partial charge in [-0.15, -0.1) is 0 Å². The van der Waals surface area contributed by atoms with E-state index in [1.54, 1.807) is 12.1 Å². The minimum Gasteiger partial charge on any atom is -0.508 e. The molecular weight excluding hydrogens is 204 g/mol. The maximum absolute atomic E-state index is 10.6. The van der Waals surface area contributed by atoms with Crippen LogP contribution in [-0.4, -0.2) is 17.6 Å². The van der Waals surface area contributed by atoms with Gasteiger partial charge in [0.25, 0.3) is 0 Å². The van der Waals surface area contributed by atoms with Crippen LogP contribution in [0.15, 0.2) is 24.3 Å². The van der Waals surface area contributed by atoms with Gasteiger partial charge in [0.1, 0.15) is 5.75 Å². The minimum atomic E-state index is -0.320. The van der Waals surface area contributed by atoms with Crippen LogP contribution in [0.2, 0.25) is 0 Å². The van der Waals surface area contributed by atoms with Crippen LogP contribution in [0.5, 0.6) is 5.75 Å². The molecule has 1 rings (SSSR count). The highest BCUT2D eigenvalue weighted by Crippen LogP contribution is 2.25. The maximum Gasteiger partial charge on any atom is 0.218 e. The molecule has 1 aromatic carbocycles. The van der Waals surface area contributed by atoms with Crippen molar-refractivity contribution in [2.45, 2.75) is 25.8 Å². The molecule has 0 heterocycles. The lowest BCUT2D eigenvalue weighted by Gasteiger charge is -2.18. The Hall–Kier alpha value is -1.55. The van der Waals surface area contributed by atoms with Crippen LogP contribution in [0.25, 0.3) is 0 Å². The van der Waals surface area contributed by atoms with Gasteiger partial charge in [0.05, 0.1) is 0 Å². The van der Waals surface area contributed by atoms with E-state index in [0.29, 0.717) is 13.0 Å². The number of hydrogen-bond donors (Lipinski definition) is 3. The molecule has 4 heteroatoms. The van der Waals surface area contributed by atoms with Gasteiger partial charge in [0, 0.05) is 24.6 Å². The average Bonchev–Trinajstić information content (AvgIpc) is 2.25. The SMILES string of the molecule is CCC(NCCC(N)=O)c1ccccc1O. The summed E-state index contributed by atoms with van der Waals surface area (Å²) in [6.07, 6.45) is 1.15. The van der Waals surface area contributed by atoms with Gasteiger partial charge in [0.15, 0.2) is 0 Å². The number of nitrogens with one attached hydrogen (secondary N) is 1. The lowest BCUT2D eigenvalue weighted by molar-refractivity contribution is -0.117. The van der Waals surface area contributed by atoms with E-state index in [-0.39, 0.29) is 17.7 Å². The Morgan fingerprint density at radius 2 is 2.19 bits per heavy atom. The van der Waals surface area contributed by atoms with Gasteiger partial charge in [-0.2, -0.15) is 0 Å². The summed E-state index contributed by atoms with van der Waals surface area (Å²) in [6, 6.07) is 7.26. The summed E-state index contributed by atoms with van der Waals surface area (Å²) in [6.45, 7) is 2.55. The maximum atomic E-state index is 10.6. The molecule has 0 saturated carbocycles. The van der Waals surface area contributed by atoms with Crippen LogP contribution in [0.4, 0.5) is 0 Å². The van der Waals surface area contributed by atoms with Gasteiger partial charge in [-0.1, -0.05) is 25.1 Å². The molecule has 1 aromatic rings. The molecule has 0 saturated heterocycles. The third kappa shape index (κ3) is 3.55. The number of para-hydroxylation sites is 1. The molecule has 0 bridgehead atoms. The number of primary amides is 1. The second-order valence-corrected chi connectivity index (χ2v) is 3.69. The molecule has 1 unspecified atom stereocenters. The quantitative estimate of drug-likeness (QED) is 0.679. The predicted octanol–water partition coefficient (Wildman–Crippen LogP) is 1.31. The van der Waals surface area contributed by atoms with Crippen molar-refractivity contribution < 1.29 is 9.90 Å². The second kappa shape index (κ2) is 6.12. The monoisotopic (exact) mass is 222 g/mol. The van der Waals surface area contributed by atoms with Crippen molar-refractivity contribution in [1.82, 2.24) is 5.32 Å². The summed E-state index contributed by atoms with van der Waals surface area (Å²) >= 11 is 0. The number of phenolic OH excluding ortho intramolecular Hbond substituents is 1. The van der Waals surface area contributed by atoms with E-state index < -0.39 is 0 Å². The first-order valence-electron chi connectivity index (χ1n) is 5.44. The van der Waals surface area contributed by atoms with Gasteiger partial charge in [-0.05, 0) is 12.5 Å². The summed E-state index contributed by atoms with van der Waals surface area (Å²) in [5.74, 6) is -0.0411. The number of carbonyl (C=O) groups excluding carboxylic acids is 1. The molecule has 88 valence electrons. The molecule has 0 fully saturated rings. The average molecular weight is 222 g/mol. The number of amides is 1. The van der Waals surface area contributed by atoms with E-state index in [2.05, 4.69) is 5.32 Å². The van der Waals surface area contributed by atoms with E-state index in [1.165, 1.54) is 0 Å². The van der Waals surface area contributed by atoms with Crippen LogP contribution >= 0.6 is 0 Å². The Morgan fingerprint density at radius 3 is 2.75 bits per heavy atom. The zero-order valence-electron chi connectivity index (χ0n) is 9.44. The summed E-state index contributed by atoms with van der Waals surface area (Å²) < 4.78 is 0. The number of phenols is 1. The third-order valence-corrected chi connectivity index (χ3v) is 2.48. The van der Waals surface area contributed by atoms with Gasteiger partial charge in [0.2, 0.25) is 5.91 Å². The molecule has 0 radical (unpaired) electrons. The molecule has 4 nitrogen and oxygen atoms in total. The predicted molar refractivity (Wildman–Crippen MR) is 63.0 cm³/mol. The molecule has 0 aromatic heterocycles. The first-order valence-corrected chi connectivity index (χ1v) is 5.44. The van der Waals surface area contributed by atoms with E-state index in [4.69, 9.17) is 5.73 Å². The molecule has 4 N–H and O–H groups in total. The zero-order valence-corrected chi connectivity index (χ0v) is 9.44. The van der Waals surface area contributed by atoms with Crippen molar-refractivity contribution in [3.63, 3.8) is 0 Å². The first kappa shape index (κ1) is 12.5. The summed E-state index contributed by atoms with van der Waals surface area (Å²) in [5.41, 5.74) is 5.92. The fraction of sp³-hybridized carbons (Fsp3) is 0.417. The molecule has 0 spiro atoms. The van der Waals surface area contributed by atoms with Crippen molar-refractivity contribution in [3.8, 4) is 5.75 Å². The normalized spacial score (nSPS) is 12.3. The number of rotatable bonds is 6. The van der Waals surface area contributed by atoms with Crippen LogP contribution in [0.1, 0.15) is 31.4 Å². The van der Waals surface area contributed by atoms with Crippen molar-refractivity contribution in [2.24, 2.45) is 5.73 Å². The zero-order chi connectivity index (χ0) is 12.0. The van der Waals surface area contributed by atoms with Gasteiger partial charge >= 0.3 is 0 Å². The minimum absolute atomic E-state index is 0.0561. The van der Waals surface area contributed by atoms with Gasteiger partial charge < -0.3 is 16.2 Å². The van der Waals surface area contributed by atoms with Crippen LogP contribution in [-0.2, 0) is 4.79 Å². The van der Waals surface area contributed by atoms with Crippen molar-refractivity contribution in [3.05, 3.63) is 29.8 Å². The van der Waals surface area contributed by atoms with Crippen LogP contribution in [0, 0.1) is 0 Å². The smallest absolute Gasteiger partial charge is 0.218 e. The van der Waals surface area contributed by atoms with E-state index >= 15 is 0 Å². The largest absolute Gasteiger partial charge is 0.508 e. The fourth-order valence-corrected chi connectivity index (χ4v) is 1.63. The highest BCUT2D eigenvalue weighted by Gasteiger charge is 2.12. The molecule has 0 aliphatic heterocycles. The van der Waals surface area contributed by atoms with Crippen LogP contribution < -0.4 is 11.1 Å². The van der Waals surface area contributed by atoms with Crippen molar-refractivity contribution in [2.75, 3.05) is 6.54 Å². The van der Waals surface area contributed by atoms with Crippen molar-refractivity contribution in [1.29, 1.82) is 0 Å². The lowest BCUT2D eigenvalue weighted by atomic mass is 10.0. The fourth-order valence-electron chi connectivity index (χ4n) is 1.63. The second-order valence-electron chi connectivity index (χ2n) is 3.69. The Morgan fingerprint density at radius 1 is 1.50 bits per heavy atom. The Balaban J connectivity index is 2.60. The molecular formula is C12H18N2O2. The van der Waals surface area contributed by atoms with Gasteiger partial charge in [-0.3, -0.25) is 4.79 Å². The van der Waals surface area contributed by atoms with Crippen molar-refractivity contribution >= 4 is 5.91 Å². The molecule has 0 aliphatic carbocycles. The number of nitrogens with two attached hydrogens (primary N) is 1. The van der Waals surface area contributed by atoms with Crippen LogP contribution in [0.3, 0.4) is 0 Å². The summed E-state index contributed by atoms with van der Waals surface area (Å²) in [5, 5.41) is 12.9. The Labute approximate surface area is 95.5 Å². The Kier molecular flexibility index (Phi) is 4.79. The standard InChI is InChI=1S/C12H18N2O2/c1-2-10(14-8-7-12(13)16)9-5-3-4-6-11(9)15/h3-6,10,14-15H,2,7-8H2,1H3,(H2,13,16). The molecule has 0 aliphatic rings. The molecule has 16 heavy (non-hydrogen) atoms. The number of aromatic hydroxyl groups is 1. The summed E-state index contributed by atoms with van der Waals surface area (Å²) in [7, 11) is 0. The van der Waals surface area contributed by atoms with E-state index in [1.807, 2.05) is 19.1 Å². The van der Waals surface area contributed by atoms with E-state index in [9.17, 15) is 9.90 Å². The topological polar surface area (TPSA) is 75.3 Å². The molecule has 1 atom stereocenters. The summed E-state index contributed by atoms with van der Waals surface area (Å²) in [4.78, 5) is 10.6. The molecule has 1 amide bonds. The first-order chi connectivity index (χ1) is 7.65. The lowest BCUT2D eigenvalue weighted by Crippen LogP contribution is -2.25. The number of benzene rings is 1. The number of carbonyl (C=O) groups is 1.